The van der Waals surface area contributed by atoms with Crippen LogP contribution in [0.4, 0.5) is 0 Å². The predicted molar refractivity (Wildman–Crippen MR) is 109 cm³/mol. The smallest absolute Gasteiger partial charge is 0.330 e. The molecule has 1 aromatic rings. The average molecular weight is 445 g/mol. The van der Waals surface area contributed by atoms with Crippen LogP contribution in [0, 0.1) is 12.3 Å². The summed E-state index contributed by atoms with van der Waals surface area (Å²) < 4.78 is 24.3. The summed E-state index contributed by atoms with van der Waals surface area (Å²) in [6, 6.07) is 1.18. The van der Waals surface area contributed by atoms with Gasteiger partial charge in [0.25, 0.3) is 5.56 Å². The lowest BCUT2D eigenvalue weighted by atomic mass is 10.1. The number of hydrogen-bond donors (Lipinski definition) is 1. The minimum absolute atomic E-state index is 0.0936. The molecule has 0 aliphatic carbocycles. The van der Waals surface area contributed by atoms with Gasteiger partial charge in [-0.3, -0.25) is 14.3 Å². The number of H-pyrrole nitrogens is 1. The maximum absolute atomic E-state index is 12.8. The van der Waals surface area contributed by atoms with Crippen LogP contribution in [0.15, 0.2) is 21.9 Å². The van der Waals surface area contributed by atoms with Crippen molar-refractivity contribution in [2.75, 3.05) is 13.2 Å². The van der Waals surface area contributed by atoms with Gasteiger partial charge in [0.1, 0.15) is 24.9 Å². The second-order valence-corrected chi connectivity index (χ2v) is 11.0. The number of nitrogens with zero attached hydrogens (tertiary/aromatic N) is 1. The quantitative estimate of drug-likeness (QED) is 0.428. The van der Waals surface area contributed by atoms with Gasteiger partial charge in [-0.2, -0.15) is 0 Å². The van der Waals surface area contributed by atoms with Gasteiger partial charge in [-0.05, 0) is 26.0 Å². The third kappa shape index (κ3) is 6.09. The number of rotatable bonds is 9. The maximum Gasteiger partial charge on any atom is 0.330 e. The van der Waals surface area contributed by atoms with Crippen molar-refractivity contribution >= 4 is 18.3 Å². The Balaban J connectivity index is 2.44. The minimum Gasteiger partial charge on any atom is -0.800 e. The van der Waals surface area contributed by atoms with E-state index in [-0.39, 0.29) is 19.3 Å². The molecule has 0 bridgehead atoms. The van der Waals surface area contributed by atoms with Crippen LogP contribution in [0.5, 0.6) is 0 Å². The molecule has 5 atom stereocenters. The molecule has 1 N–H and O–H groups in total. The molecule has 1 aliphatic rings. The van der Waals surface area contributed by atoms with E-state index in [4.69, 9.17) is 37.0 Å². The Labute approximate surface area is 174 Å². The van der Waals surface area contributed by atoms with E-state index in [0.717, 1.165) is 4.57 Å². The Morgan fingerprint density at radius 1 is 1.38 bits per heavy atom. The lowest BCUT2D eigenvalue weighted by Gasteiger charge is -2.37. The van der Waals surface area contributed by atoms with Crippen LogP contribution < -0.4 is 16.1 Å². The molecule has 9 nitrogen and oxygen atoms in total. The highest BCUT2D eigenvalue weighted by Crippen LogP contribution is 2.48. The Bertz CT molecular complexity index is 891. The number of hydrogen-bond acceptors (Lipinski definition) is 8. The number of aromatic nitrogens is 2. The summed E-state index contributed by atoms with van der Waals surface area (Å²) in [5.74, 6) is 2.36. The first-order chi connectivity index (χ1) is 13.6. The molecule has 1 saturated heterocycles. The first-order valence-corrected chi connectivity index (χ1v) is 11.9. The molecular formula is C18H26N2O7PS-. The summed E-state index contributed by atoms with van der Waals surface area (Å²) in [4.78, 5) is 38.7. The lowest BCUT2D eigenvalue weighted by Crippen LogP contribution is -2.41. The zero-order chi connectivity index (χ0) is 21.8. The van der Waals surface area contributed by atoms with E-state index in [9.17, 15) is 14.5 Å². The summed E-state index contributed by atoms with van der Waals surface area (Å²) >= 11 is 5.18. The summed E-state index contributed by atoms with van der Waals surface area (Å²) in [7, 11) is 0. The van der Waals surface area contributed by atoms with Crippen molar-refractivity contribution in [3.63, 3.8) is 0 Å². The van der Waals surface area contributed by atoms with Gasteiger partial charge in [-0.15, -0.1) is 6.42 Å². The van der Waals surface area contributed by atoms with E-state index in [0.29, 0.717) is 0 Å². The Kier molecular flexibility index (Phi) is 8.37. The molecule has 0 amide bonds. The van der Waals surface area contributed by atoms with Crippen molar-refractivity contribution in [2.24, 2.45) is 0 Å². The molecular weight excluding hydrogens is 419 g/mol. The summed E-state index contributed by atoms with van der Waals surface area (Å²) in [6.07, 6.45) is 3.01. The van der Waals surface area contributed by atoms with Crippen LogP contribution in [-0.4, -0.2) is 52.8 Å². The van der Waals surface area contributed by atoms with Gasteiger partial charge >= 0.3 is 5.69 Å². The van der Waals surface area contributed by atoms with Gasteiger partial charge in [0, 0.05) is 12.3 Å². The Morgan fingerprint density at radius 3 is 2.62 bits per heavy atom. The first-order valence-electron chi connectivity index (χ1n) is 9.19. The predicted octanol–water partition coefficient (Wildman–Crippen LogP) is 0.341. The van der Waals surface area contributed by atoms with Crippen molar-refractivity contribution in [2.45, 2.75) is 64.0 Å². The fraction of sp³-hybridized carbons (Fsp3) is 0.667. The van der Waals surface area contributed by atoms with Crippen molar-refractivity contribution in [1.82, 2.24) is 9.55 Å². The van der Waals surface area contributed by atoms with Gasteiger partial charge in [0.15, 0.2) is 6.23 Å². The fourth-order valence-corrected chi connectivity index (χ4v) is 3.86. The number of nitrogens with one attached hydrogen (secondary N) is 1. The van der Waals surface area contributed by atoms with Crippen LogP contribution in [-0.2, 0) is 30.5 Å². The van der Waals surface area contributed by atoms with Crippen LogP contribution >= 0.6 is 6.49 Å². The van der Waals surface area contributed by atoms with Crippen molar-refractivity contribution in [1.29, 1.82) is 0 Å². The van der Waals surface area contributed by atoms with E-state index < -0.39 is 47.9 Å². The molecule has 2 rings (SSSR count). The summed E-state index contributed by atoms with van der Waals surface area (Å²) in [5.41, 5.74) is -1.65. The van der Waals surface area contributed by atoms with Gasteiger partial charge in [0.05, 0.1) is 12.7 Å². The normalized spacial score (nSPS) is 26.6. The standard InChI is InChI=1S/C18H27N2O7PS/c1-6-9-24-16-15(27-28(23,29)12(4)5)13(10-25-11(2)3)26-17(16)20-8-7-14(21)19-18(20)22/h1,7-8,11-13,15-17H,9-10H2,2-5H3,(H,23,29)(H,19,21,22)/p-1/t13-,15+,16?,17-,28?/m1/s1. The highest BCUT2D eigenvalue weighted by Gasteiger charge is 2.48. The van der Waals surface area contributed by atoms with Crippen LogP contribution in [0.1, 0.15) is 33.9 Å². The second-order valence-electron chi connectivity index (χ2n) is 7.15. The first kappa shape index (κ1) is 24.0. The van der Waals surface area contributed by atoms with E-state index in [1.807, 2.05) is 13.8 Å². The molecule has 162 valence electrons. The van der Waals surface area contributed by atoms with Gasteiger partial charge < -0.3 is 23.6 Å². The SMILES string of the molecule is C#CCOC1[C@@H](OP([O-])(=S)C(C)C)[C@@H](COC(C)C)O[C@H]1n1ccc(=O)[nH]c1=O. The third-order valence-corrected chi connectivity index (χ3v) is 7.59. The molecule has 1 aromatic heterocycles. The zero-order valence-electron chi connectivity index (χ0n) is 16.8. The number of aromatic amines is 1. The molecule has 29 heavy (non-hydrogen) atoms. The van der Waals surface area contributed by atoms with Gasteiger partial charge in [-0.25, -0.2) is 4.79 Å². The molecule has 2 heterocycles. The highest BCUT2D eigenvalue weighted by molar-refractivity contribution is 8.09. The summed E-state index contributed by atoms with van der Waals surface area (Å²) in [6.45, 7) is 3.68. The van der Waals surface area contributed by atoms with Crippen molar-refractivity contribution < 1.29 is 23.6 Å². The number of ether oxygens (including phenoxy) is 3. The molecule has 1 aliphatic heterocycles. The number of terminal acetylenes is 1. The van der Waals surface area contributed by atoms with Crippen LogP contribution in [0.3, 0.4) is 0 Å². The topological polar surface area (TPSA) is 115 Å². The molecule has 0 saturated carbocycles. The highest BCUT2D eigenvalue weighted by atomic mass is 32.5. The molecule has 1 fully saturated rings. The van der Waals surface area contributed by atoms with Crippen LogP contribution in [0.2, 0.25) is 0 Å². The lowest BCUT2D eigenvalue weighted by molar-refractivity contribution is -0.193. The molecule has 11 heteroatoms. The minimum atomic E-state index is -3.43. The summed E-state index contributed by atoms with van der Waals surface area (Å²) in [5, 5.41) is 0. The van der Waals surface area contributed by atoms with Crippen LogP contribution in [0.25, 0.3) is 0 Å². The molecule has 0 spiro atoms. The van der Waals surface area contributed by atoms with Crippen molar-refractivity contribution in [3.8, 4) is 12.3 Å². The molecule has 0 radical (unpaired) electrons. The Morgan fingerprint density at radius 2 is 2.07 bits per heavy atom. The van der Waals surface area contributed by atoms with E-state index in [1.54, 1.807) is 13.8 Å². The maximum atomic E-state index is 12.8. The molecule has 0 aromatic carbocycles. The monoisotopic (exact) mass is 445 g/mol. The van der Waals surface area contributed by atoms with Crippen molar-refractivity contribution in [3.05, 3.63) is 33.1 Å². The molecule has 2 unspecified atom stereocenters. The average Bonchev–Trinajstić information content (AvgIpc) is 2.94. The van der Waals surface area contributed by atoms with E-state index in [2.05, 4.69) is 10.9 Å². The largest absolute Gasteiger partial charge is 0.800 e. The second kappa shape index (κ2) is 10.1. The van der Waals surface area contributed by atoms with Gasteiger partial charge in [-0.1, -0.05) is 31.6 Å². The zero-order valence-corrected chi connectivity index (χ0v) is 18.5. The van der Waals surface area contributed by atoms with E-state index >= 15 is 0 Å². The Hall–Kier alpha value is -1.31. The fourth-order valence-electron chi connectivity index (χ4n) is 2.72. The third-order valence-electron chi connectivity index (χ3n) is 4.26. The van der Waals surface area contributed by atoms with Gasteiger partial charge in [0.2, 0.25) is 0 Å². The van der Waals surface area contributed by atoms with E-state index in [1.165, 1.54) is 12.3 Å².